The molecule has 136 valence electrons. The van der Waals surface area contributed by atoms with Gasteiger partial charge in [0.25, 0.3) is 0 Å². The van der Waals surface area contributed by atoms with Crippen molar-refractivity contribution in [2.24, 2.45) is 5.92 Å². The van der Waals surface area contributed by atoms with Crippen molar-refractivity contribution in [3.63, 3.8) is 0 Å². The molecule has 0 fully saturated rings. The van der Waals surface area contributed by atoms with E-state index in [9.17, 15) is 0 Å². The van der Waals surface area contributed by atoms with E-state index in [2.05, 4.69) is 27.2 Å². The van der Waals surface area contributed by atoms with Crippen molar-refractivity contribution in [1.82, 2.24) is 0 Å². The second-order valence-electron chi connectivity index (χ2n) is 6.30. The Morgan fingerprint density at radius 3 is 1.91 bits per heavy atom. The van der Waals surface area contributed by atoms with Crippen LogP contribution in [0.2, 0.25) is 0 Å². The molecule has 0 bridgehead atoms. The van der Waals surface area contributed by atoms with Gasteiger partial charge in [-0.2, -0.15) is 13.3 Å². The van der Waals surface area contributed by atoms with Gasteiger partial charge in [0.15, 0.2) is 0 Å². The van der Waals surface area contributed by atoms with Crippen molar-refractivity contribution in [2.75, 3.05) is 20.0 Å². The van der Waals surface area contributed by atoms with Gasteiger partial charge >= 0.3 is 23.1 Å². The van der Waals surface area contributed by atoms with E-state index in [0.717, 1.165) is 25.6 Å². The SMILES string of the molecule is C[CH-]CC(C)CCCOCOCCCCCCCCCC.[Br-].[Mg+2]. The molecule has 0 aromatic carbocycles. The summed E-state index contributed by atoms with van der Waals surface area (Å²) in [6.07, 6.45) is 16.7. The van der Waals surface area contributed by atoms with E-state index < -0.39 is 0 Å². The fourth-order valence-corrected chi connectivity index (χ4v) is 2.57. The van der Waals surface area contributed by atoms with Gasteiger partial charge in [0, 0.05) is 13.2 Å². The van der Waals surface area contributed by atoms with Crippen LogP contribution >= 0.6 is 0 Å². The summed E-state index contributed by atoms with van der Waals surface area (Å²) >= 11 is 0. The molecule has 0 heterocycles. The molecule has 0 spiro atoms. The van der Waals surface area contributed by atoms with Crippen LogP contribution in [0, 0.1) is 12.3 Å². The van der Waals surface area contributed by atoms with Crippen LogP contribution in [0.4, 0.5) is 0 Å². The first-order valence-electron chi connectivity index (χ1n) is 9.24. The molecule has 0 aliphatic carbocycles. The third-order valence-corrected chi connectivity index (χ3v) is 3.93. The van der Waals surface area contributed by atoms with Crippen LogP contribution in [0.3, 0.4) is 0 Å². The Kier molecular flexibility index (Phi) is 32.0. The summed E-state index contributed by atoms with van der Waals surface area (Å²) < 4.78 is 11.0. The quantitative estimate of drug-likeness (QED) is 0.161. The van der Waals surface area contributed by atoms with Crippen LogP contribution < -0.4 is 17.0 Å². The maximum absolute atomic E-state index is 5.50. The van der Waals surface area contributed by atoms with Crippen LogP contribution in [0.25, 0.3) is 0 Å². The van der Waals surface area contributed by atoms with Gasteiger partial charge in [0.2, 0.25) is 0 Å². The van der Waals surface area contributed by atoms with Gasteiger partial charge in [-0.1, -0.05) is 71.1 Å². The summed E-state index contributed by atoms with van der Waals surface area (Å²) in [5.74, 6) is 0.789. The molecule has 0 amide bonds. The minimum absolute atomic E-state index is 0. The van der Waals surface area contributed by atoms with Gasteiger partial charge < -0.3 is 32.9 Å². The zero-order chi connectivity index (χ0) is 15.6. The van der Waals surface area contributed by atoms with Crippen molar-refractivity contribution < 1.29 is 26.5 Å². The van der Waals surface area contributed by atoms with Crippen molar-refractivity contribution in [2.45, 2.75) is 91.4 Å². The van der Waals surface area contributed by atoms with Crippen LogP contribution in [0.15, 0.2) is 0 Å². The minimum atomic E-state index is 0. The summed E-state index contributed by atoms with van der Waals surface area (Å²) in [5, 5.41) is 0. The first-order chi connectivity index (χ1) is 10.3. The molecule has 0 aromatic rings. The largest absolute Gasteiger partial charge is 2.00 e. The zero-order valence-electron chi connectivity index (χ0n) is 16.0. The fourth-order valence-electron chi connectivity index (χ4n) is 2.57. The molecule has 0 aliphatic heterocycles. The van der Waals surface area contributed by atoms with Crippen LogP contribution in [0.1, 0.15) is 91.4 Å². The van der Waals surface area contributed by atoms with E-state index in [1.165, 1.54) is 64.2 Å². The first kappa shape index (κ1) is 28.9. The Hall–Kier alpha value is 1.17. The average Bonchev–Trinajstić information content (AvgIpc) is 2.48. The third-order valence-electron chi connectivity index (χ3n) is 3.93. The second kappa shape index (κ2) is 25.4. The van der Waals surface area contributed by atoms with Crippen molar-refractivity contribution in [3.8, 4) is 0 Å². The van der Waals surface area contributed by atoms with Crippen LogP contribution in [0.5, 0.6) is 0 Å². The second-order valence-corrected chi connectivity index (χ2v) is 6.30. The molecular formula is C19H39BrMgO2. The van der Waals surface area contributed by atoms with E-state index >= 15 is 0 Å². The molecule has 1 atom stereocenters. The Morgan fingerprint density at radius 1 is 0.826 bits per heavy atom. The molecule has 0 aliphatic rings. The number of halogens is 1. The van der Waals surface area contributed by atoms with Gasteiger partial charge in [-0.3, -0.25) is 0 Å². The summed E-state index contributed by atoms with van der Waals surface area (Å²) in [6.45, 7) is 8.88. The summed E-state index contributed by atoms with van der Waals surface area (Å²) in [5.41, 5.74) is 0. The number of hydrogen-bond acceptors (Lipinski definition) is 2. The smallest absolute Gasteiger partial charge is 1.00 e. The van der Waals surface area contributed by atoms with E-state index in [1.54, 1.807) is 0 Å². The number of rotatable bonds is 17. The maximum atomic E-state index is 5.50. The molecule has 0 saturated carbocycles. The van der Waals surface area contributed by atoms with Crippen molar-refractivity contribution in [1.29, 1.82) is 0 Å². The predicted molar refractivity (Wildman–Crippen MR) is 98.1 cm³/mol. The average molecular weight is 404 g/mol. The third kappa shape index (κ3) is 25.5. The molecule has 0 rings (SSSR count). The molecule has 0 N–H and O–H groups in total. The summed E-state index contributed by atoms with van der Waals surface area (Å²) in [4.78, 5) is 0. The molecule has 0 saturated heterocycles. The molecule has 0 aromatic heterocycles. The Labute approximate surface area is 172 Å². The van der Waals surface area contributed by atoms with Gasteiger partial charge in [-0.15, -0.1) is 0 Å². The van der Waals surface area contributed by atoms with Crippen LogP contribution in [-0.4, -0.2) is 43.1 Å². The van der Waals surface area contributed by atoms with Gasteiger partial charge in [0.05, 0.1) is 0 Å². The molecule has 2 nitrogen and oxygen atoms in total. The number of ether oxygens (including phenoxy) is 2. The minimum Gasteiger partial charge on any atom is -1.00 e. The standard InChI is InChI=1S/C19H39O2.BrH.Mg/c1-4-6-7-8-9-10-11-12-16-20-18-21-17-13-15-19(3)14-5-2;;/h5,19H,4,6-18H2,1-3H3;1H;/q-1;;+2/p-1. The Morgan fingerprint density at radius 2 is 1.35 bits per heavy atom. The zero-order valence-corrected chi connectivity index (χ0v) is 19.0. The number of hydrogen-bond donors (Lipinski definition) is 0. The molecule has 0 radical (unpaired) electrons. The Bertz CT molecular complexity index is 194. The predicted octanol–water partition coefficient (Wildman–Crippen LogP) is 2.77. The van der Waals surface area contributed by atoms with Gasteiger partial charge in [-0.05, 0) is 12.8 Å². The van der Waals surface area contributed by atoms with E-state index in [1.807, 2.05) is 0 Å². The fraction of sp³-hybridized carbons (Fsp3) is 0.947. The summed E-state index contributed by atoms with van der Waals surface area (Å²) in [7, 11) is 0. The normalized spacial score (nSPS) is 11.6. The van der Waals surface area contributed by atoms with Crippen molar-refractivity contribution in [3.05, 3.63) is 6.42 Å². The number of unbranched alkanes of at least 4 members (excludes halogenated alkanes) is 7. The van der Waals surface area contributed by atoms with E-state index in [0.29, 0.717) is 6.79 Å². The first-order valence-corrected chi connectivity index (χ1v) is 9.24. The van der Waals surface area contributed by atoms with E-state index in [-0.39, 0.29) is 40.0 Å². The maximum Gasteiger partial charge on any atom is 2.00 e. The van der Waals surface area contributed by atoms with Crippen LogP contribution in [-0.2, 0) is 9.47 Å². The van der Waals surface area contributed by atoms with Gasteiger partial charge in [0.1, 0.15) is 6.79 Å². The monoisotopic (exact) mass is 402 g/mol. The molecule has 23 heavy (non-hydrogen) atoms. The Balaban J connectivity index is -0.00000200. The summed E-state index contributed by atoms with van der Waals surface area (Å²) in [6, 6.07) is 0. The molecule has 4 heteroatoms. The molecule has 1 unspecified atom stereocenters. The molecular weight excluding hydrogens is 364 g/mol. The van der Waals surface area contributed by atoms with E-state index in [4.69, 9.17) is 9.47 Å². The van der Waals surface area contributed by atoms with Crippen molar-refractivity contribution >= 4 is 23.1 Å². The topological polar surface area (TPSA) is 18.5 Å². The van der Waals surface area contributed by atoms with Gasteiger partial charge in [-0.25, -0.2) is 0 Å².